The second-order valence-corrected chi connectivity index (χ2v) is 8.81. The molecule has 0 saturated carbocycles. The van der Waals surface area contributed by atoms with Crippen molar-refractivity contribution in [3.8, 4) is 0 Å². The minimum absolute atomic E-state index is 0.0230. The van der Waals surface area contributed by atoms with Gasteiger partial charge in [0.05, 0.1) is 23.9 Å². The third-order valence-electron chi connectivity index (χ3n) is 5.27. The molecule has 0 bridgehead atoms. The van der Waals surface area contributed by atoms with Gasteiger partial charge in [0.25, 0.3) is 5.91 Å². The fourth-order valence-electron chi connectivity index (χ4n) is 3.65. The standard InChI is InChI=1S/C25H28N6O2/c1-25(2,3)20-9-8-18(14-22(20)26-11-12-32)30-24(33)19-5-4-10-27-23(19)29-17-7-6-16-15-28-31-21(16)13-17/h4-10,13-15,26,32H,11-12H2,1-3H3,(H,27,29)(H,28,31)(H,30,33). The number of fused-ring (bicyclic) bond motifs is 1. The van der Waals surface area contributed by atoms with E-state index in [1.54, 1.807) is 24.5 Å². The van der Waals surface area contributed by atoms with Gasteiger partial charge in [0, 0.05) is 35.2 Å². The van der Waals surface area contributed by atoms with Gasteiger partial charge in [-0.15, -0.1) is 0 Å². The van der Waals surface area contributed by atoms with Crippen LogP contribution in [0.3, 0.4) is 0 Å². The van der Waals surface area contributed by atoms with E-state index in [2.05, 4.69) is 51.9 Å². The van der Waals surface area contributed by atoms with Crippen molar-refractivity contribution in [3.05, 3.63) is 72.1 Å². The van der Waals surface area contributed by atoms with Crippen molar-refractivity contribution in [2.45, 2.75) is 26.2 Å². The fraction of sp³-hybridized carbons (Fsp3) is 0.240. The van der Waals surface area contributed by atoms with Gasteiger partial charge >= 0.3 is 0 Å². The average molecular weight is 445 g/mol. The topological polar surface area (TPSA) is 115 Å². The Morgan fingerprint density at radius 3 is 2.70 bits per heavy atom. The first-order valence-electron chi connectivity index (χ1n) is 10.8. The lowest BCUT2D eigenvalue weighted by Crippen LogP contribution is -2.18. The maximum Gasteiger partial charge on any atom is 0.259 e. The summed E-state index contributed by atoms with van der Waals surface area (Å²) >= 11 is 0. The van der Waals surface area contributed by atoms with Gasteiger partial charge in [-0.2, -0.15) is 5.10 Å². The zero-order chi connectivity index (χ0) is 23.4. The number of anilines is 4. The zero-order valence-electron chi connectivity index (χ0n) is 18.9. The Balaban J connectivity index is 1.57. The number of H-pyrrole nitrogens is 1. The molecule has 8 nitrogen and oxygen atoms in total. The molecule has 33 heavy (non-hydrogen) atoms. The van der Waals surface area contributed by atoms with Crippen molar-refractivity contribution in [2.24, 2.45) is 0 Å². The van der Waals surface area contributed by atoms with E-state index in [0.29, 0.717) is 23.6 Å². The highest BCUT2D eigenvalue weighted by atomic mass is 16.3. The highest BCUT2D eigenvalue weighted by Gasteiger charge is 2.19. The molecule has 0 atom stereocenters. The predicted molar refractivity (Wildman–Crippen MR) is 132 cm³/mol. The van der Waals surface area contributed by atoms with Crippen molar-refractivity contribution in [1.29, 1.82) is 0 Å². The van der Waals surface area contributed by atoms with Gasteiger partial charge in [0.2, 0.25) is 0 Å². The minimum Gasteiger partial charge on any atom is -0.395 e. The molecule has 0 aliphatic carbocycles. The third kappa shape index (κ3) is 5.12. The Bertz CT molecular complexity index is 1280. The summed E-state index contributed by atoms with van der Waals surface area (Å²) in [6, 6.07) is 15.0. The molecule has 170 valence electrons. The predicted octanol–water partition coefficient (Wildman–Crippen LogP) is 4.66. The van der Waals surface area contributed by atoms with E-state index in [1.165, 1.54) is 0 Å². The van der Waals surface area contributed by atoms with Crippen LogP contribution in [-0.4, -0.2) is 39.3 Å². The normalized spacial score (nSPS) is 11.4. The van der Waals surface area contributed by atoms with E-state index in [4.69, 9.17) is 0 Å². The van der Waals surface area contributed by atoms with E-state index < -0.39 is 0 Å². The van der Waals surface area contributed by atoms with Crippen molar-refractivity contribution in [1.82, 2.24) is 15.2 Å². The number of carbonyl (C=O) groups is 1. The number of aromatic amines is 1. The molecule has 0 fully saturated rings. The zero-order valence-corrected chi connectivity index (χ0v) is 18.9. The number of aromatic nitrogens is 3. The van der Waals surface area contributed by atoms with E-state index in [9.17, 15) is 9.90 Å². The maximum atomic E-state index is 13.1. The second kappa shape index (κ2) is 9.30. The summed E-state index contributed by atoms with van der Waals surface area (Å²) in [5, 5.41) is 26.7. The molecular weight excluding hydrogens is 416 g/mol. The number of pyridine rings is 1. The Hall–Kier alpha value is -3.91. The second-order valence-electron chi connectivity index (χ2n) is 8.81. The molecule has 0 saturated heterocycles. The first-order chi connectivity index (χ1) is 15.8. The van der Waals surface area contributed by atoms with E-state index in [1.807, 2.05) is 36.4 Å². The summed E-state index contributed by atoms with van der Waals surface area (Å²) in [7, 11) is 0. The minimum atomic E-state index is -0.273. The van der Waals surface area contributed by atoms with E-state index in [0.717, 1.165) is 27.8 Å². The van der Waals surface area contributed by atoms with Crippen LogP contribution in [0.2, 0.25) is 0 Å². The molecule has 2 aromatic carbocycles. The molecule has 5 N–H and O–H groups in total. The maximum absolute atomic E-state index is 13.1. The van der Waals surface area contributed by atoms with E-state index in [-0.39, 0.29) is 17.9 Å². The average Bonchev–Trinajstić information content (AvgIpc) is 3.25. The first-order valence-corrected chi connectivity index (χ1v) is 10.8. The summed E-state index contributed by atoms with van der Waals surface area (Å²) in [4.78, 5) is 17.5. The van der Waals surface area contributed by atoms with Crippen LogP contribution in [0.1, 0.15) is 36.7 Å². The smallest absolute Gasteiger partial charge is 0.259 e. The van der Waals surface area contributed by atoms with E-state index >= 15 is 0 Å². The number of nitrogens with zero attached hydrogens (tertiary/aromatic N) is 2. The number of benzene rings is 2. The Morgan fingerprint density at radius 1 is 1.09 bits per heavy atom. The van der Waals surface area contributed by atoms with Crippen molar-refractivity contribution in [3.63, 3.8) is 0 Å². The number of hydrogen-bond donors (Lipinski definition) is 5. The molecule has 0 spiro atoms. The number of rotatable bonds is 7. The Labute approximate surface area is 192 Å². The molecule has 2 heterocycles. The van der Waals surface area contributed by atoms with Crippen LogP contribution in [0.25, 0.3) is 10.9 Å². The number of hydrogen-bond acceptors (Lipinski definition) is 6. The highest BCUT2D eigenvalue weighted by Crippen LogP contribution is 2.32. The van der Waals surface area contributed by atoms with Crippen LogP contribution in [0.4, 0.5) is 22.9 Å². The van der Waals surface area contributed by atoms with Crippen LogP contribution >= 0.6 is 0 Å². The van der Waals surface area contributed by atoms with Gasteiger partial charge in [-0.25, -0.2) is 4.98 Å². The number of carbonyl (C=O) groups excluding carboxylic acids is 1. The molecule has 4 rings (SSSR count). The molecule has 1 amide bonds. The first kappa shape index (κ1) is 22.3. The van der Waals surface area contributed by atoms with Crippen LogP contribution in [0.5, 0.6) is 0 Å². The molecule has 8 heteroatoms. The SMILES string of the molecule is CC(C)(C)c1ccc(NC(=O)c2cccnc2Nc2ccc3cn[nH]c3c2)cc1NCCO. The van der Waals surface area contributed by atoms with Gasteiger partial charge in [-0.05, 0) is 53.4 Å². The summed E-state index contributed by atoms with van der Waals surface area (Å²) in [5.41, 5.74) is 4.66. The number of nitrogens with one attached hydrogen (secondary N) is 4. The van der Waals surface area contributed by atoms with Crippen molar-refractivity contribution >= 4 is 39.7 Å². The quantitative estimate of drug-likeness (QED) is 0.283. The lowest BCUT2D eigenvalue weighted by Gasteiger charge is -2.24. The lowest BCUT2D eigenvalue weighted by molar-refractivity contribution is 0.102. The van der Waals surface area contributed by atoms with Gasteiger partial charge in [-0.3, -0.25) is 9.89 Å². The number of amides is 1. The summed E-state index contributed by atoms with van der Waals surface area (Å²) < 4.78 is 0. The fourth-order valence-corrected chi connectivity index (χ4v) is 3.65. The molecule has 0 unspecified atom stereocenters. The molecule has 0 aliphatic rings. The number of aliphatic hydroxyl groups is 1. The van der Waals surface area contributed by atoms with Gasteiger partial charge < -0.3 is 21.1 Å². The molecule has 0 radical (unpaired) electrons. The van der Waals surface area contributed by atoms with Crippen LogP contribution in [0, 0.1) is 0 Å². The largest absolute Gasteiger partial charge is 0.395 e. The lowest BCUT2D eigenvalue weighted by atomic mass is 9.85. The van der Waals surface area contributed by atoms with Gasteiger partial charge in [0.15, 0.2) is 0 Å². The van der Waals surface area contributed by atoms with Crippen LogP contribution in [-0.2, 0) is 5.41 Å². The van der Waals surface area contributed by atoms with Crippen LogP contribution < -0.4 is 16.0 Å². The monoisotopic (exact) mass is 444 g/mol. The third-order valence-corrected chi connectivity index (χ3v) is 5.27. The van der Waals surface area contributed by atoms with Crippen LogP contribution in [0.15, 0.2) is 60.9 Å². The molecule has 0 aliphatic heterocycles. The highest BCUT2D eigenvalue weighted by molar-refractivity contribution is 6.08. The van der Waals surface area contributed by atoms with Gasteiger partial charge in [-0.1, -0.05) is 26.8 Å². The summed E-state index contributed by atoms with van der Waals surface area (Å²) in [5.74, 6) is 0.184. The molecule has 4 aromatic rings. The molecule has 2 aromatic heterocycles. The van der Waals surface area contributed by atoms with Gasteiger partial charge in [0.1, 0.15) is 5.82 Å². The molecular formula is C25H28N6O2. The summed E-state index contributed by atoms with van der Waals surface area (Å²) in [6.45, 7) is 6.82. The Kier molecular flexibility index (Phi) is 6.28. The number of aliphatic hydroxyl groups excluding tert-OH is 1. The van der Waals surface area contributed by atoms with Crippen molar-refractivity contribution in [2.75, 3.05) is 29.1 Å². The summed E-state index contributed by atoms with van der Waals surface area (Å²) in [6.07, 6.45) is 3.40. The van der Waals surface area contributed by atoms with Crippen molar-refractivity contribution < 1.29 is 9.90 Å². The Morgan fingerprint density at radius 2 is 1.91 bits per heavy atom.